The van der Waals surface area contributed by atoms with Crippen molar-refractivity contribution >= 4 is 17.6 Å². The molecule has 96 valence electrons. The third-order valence-corrected chi connectivity index (χ3v) is 2.67. The highest BCUT2D eigenvalue weighted by Crippen LogP contribution is 2.23. The molecule has 1 fully saturated rings. The van der Waals surface area contributed by atoms with Crippen LogP contribution in [0, 0.1) is 0 Å². The van der Waals surface area contributed by atoms with Gasteiger partial charge in [-0.25, -0.2) is 4.79 Å². The third kappa shape index (κ3) is 2.71. The highest BCUT2D eigenvalue weighted by molar-refractivity contribution is 5.94. The highest BCUT2D eigenvalue weighted by Gasteiger charge is 2.21. The first-order chi connectivity index (χ1) is 8.70. The largest absolute Gasteiger partial charge is 0.495 e. The quantitative estimate of drug-likeness (QED) is 0.808. The van der Waals surface area contributed by atoms with Gasteiger partial charge in [0.2, 0.25) is 5.91 Å². The van der Waals surface area contributed by atoms with E-state index in [1.54, 1.807) is 25.3 Å². The van der Waals surface area contributed by atoms with E-state index in [1.807, 2.05) is 6.07 Å². The third-order valence-electron chi connectivity index (χ3n) is 2.67. The summed E-state index contributed by atoms with van der Waals surface area (Å²) in [6, 6.07) is 6.85. The normalized spacial score (nSPS) is 14.9. The second-order valence-electron chi connectivity index (χ2n) is 3.90. The number of para-hydroxylation sites is 2. The molecular formula is C12H15N3O3. The smallest absolute Gasteiger partial charge is 0.322 e. The van der Waals surface area contributed by atoms with E-state index in [2.05, 4.69) is 10.6 Å². The fraction of sp³-hybridized carbons (Fsp3) is 0.333. The number of nitrogens with one attached hydrogen (secondary N) is 2. The number of benzene rings is 1. The fourth-order valence-electron chi connectivity index (χ4n) is 1.75. The number of anilines is 1. The number of carbonyl (C=O) groups is 2. The van der Waals surface area contributed by atoms with Crippen molar-refractivity contribution in [2.24, 2.45) is 0 Å². The Labute approximate surface area is 105 Å². The Bertz CT molecular complexity index is 462. The molecule has 2 N–H and O–H groups in total. The summed E-state index contributed by atoms with van der Waals surface area (Å²) in [6.07, 6.45) is 0. The van der Waals surface area contributed by atoms with E-state index in [-0.39, 0.29) is 18.5 Å². The predicted molar refractivity (Wildman–Crippen MR) is 66.6 cm³/mol. The summed E-state index contributed by atoms with van der Waals surface area (Å²) in [5.41, 5.74) is 0.594. The second kappa shape index (κ2) is 5.39. The van der Waals surface area contributed by atoms with Crippen molar-refractivity contribution in [3.8, 4) is 5.75 Å². The number of ether oxygens (including phenoxy) is 1. The molecule has 1 aromatic carbocycles. The van der Waals surface area contributed by atoms with Gasteiger partial charge in [0.05, 0.1) is 12.8 Å². The lowest BCUT2D eigenvalue weighted by molar-refractivity contribution is -0.123. The molecule has 0 atom stereocenters. The number of hydrogen-bond acceptors (Lipinski definition) is 3. The van der Waals surface area contributed by atoms with Crippen LogP contribution in [0.1, 0.15) is 0 Å². The van der Waals surface area contributed by atoms with Gasteiger partial charge in [0.25, 0.3) is 0 Å². The lowest BCUT2D eigenvalue weighted by Crippen LogP contribution is -2.51. The van der Waals surface area contributed by atoms with Gasteiger partial charge in [0.15, 0.2) is 0 Å². The molecule has 0 bridgehead atoms. The molecule has 0 spiro atoms. The molecule has 6 nitrogen and oxygen atoms in total. The molecule has 1 saturated heterocycles. The van der Waals surface area contributed by atoms with E-state index in [0.717, 1.165) is 0 Å². The zero-order chi connectivity index (χ0) is 13.0. The molecule has 3 amide bonds. The summed E-state index contributed by atoms with van der Waals surface area (Å²) in [6.45, 7) is 1.08. The van der Waals surface area contributed by atoms with E-state index in [9.17, 15) is 9.59 Å². The molecule has 0 radical (unpaired) electrons. The Hall–Kier alpha value is -2.24. The molecule has 1 aliphatic heterocycles. The lowest BCUT2D eigenvalue weighted by atomic mass is 10.3. The van der Waals surface area contributed by atoms with Crippen molar-refractivity contribution in [1.29, 1.82) is 0 Å². The molecule has 1 aliphatic rings. The van der Waals surface area contributed by atoms with Gasteiger partial charge in [0.1, 0.15) is 12.3 Å². The number of amides is 3. The molecule has 0 saturated carbocycles. The fourth-order valence-corrected chi connectivity index (χ4v) is 1.75. The maximum absolute atomic E-state index is 12.0. The lowest BCUT2D eigenvalue weighted by Gasteiger charge is -2.27. The Morgan fingerprint density at radius 1 is 1.44 bits per heavy atom. The molecule has 0 aromatic heterocycles. The first kappa shape index (κ1) is 12.2. The number of urea groups is 1. The summed E-state index contributed by atoms with van der Waals surface area (Å²) in [5.74, 6) is 0.448. The van der Waals surface area contributed by atoms with Crippen LogP contribution in [0.5, 0.6) is 5.75 Å². The van der Waals surface area contributed by atoms with Crippen LogP contribution >= 0.6 is 0 Å². The summed E-state index contributed by atoms with van der Waals surface area (Å²) >= 11 is 0. The summed E-state index contributed by atoms with van der Waals surface area (Å²) in [7, 11) is 1.54. The van der Waals surface area contributed by atoms with Gasteiger partial charge in [-0.3, -0.25) is 4.79 Å². The van der Waals surface area contributed by atoms with Crippen LogP contribution in [0.15, 0.2) is 24.3 Å². The standard InChI is InChI=1S/C12H15N3O3/c1-18-10-5-3-2-4-9(10)14-12(17)15-7-6-13-11(16)8-15/h2-5H,6-8H2,1H3,(H,13,16)(H,14,17). The van der Waals surface area contributed by atoms with Gasteiger partial charge < -0.3 is 20.3 Å². The number of carbonyl (C=O) groups excluding carboxylic acids is 2. The summed E-state index contributed by atoms with van der Waals surface area (Å²) in [4.78, 5) is 24.6. The van der Waals surface area contributed by atoms with E-state index in [1.165, 1.54) is 4.90 Å². The number of hydrogen-bond donors (Lipinski definition) is 2. The Kier molecular flexibility index (Phi) is 3.66. The first-order valence-electron chi connectivity index (χ1n) is 5.66. The Morgan fingerprint density at radius 2 is 2.22 bits per heavy atom. The van der Waals surface area contributed by atoms with Gasteiger partial charge in [-0.15, -0.1) is 0 Å². The summed E-state index contributed by atoms with van der Waals surface area (Å²) in [5, 5.41) is 5.40. The number of piperazine rings is 1. The predicted octanol–water partition coefficient (Wildman–Crippen LogP) is 0.659. The molecule has 1 heterocycles. The van der Waals surface area contributed by atoms with Gasteiger partial charge >= 0.3 is 6.03 Å². The number of methoxy groups -OCH3 is 1. The average molecular weight is 249 g/mol. The van der Waals surface area contributed by atoms with Crippen LogP contribution in [0.25, 0.3) is 0 Å². The number of nitrogens with zero attached hydrogens (tertiary/aromatic N) is 1. The minimum absolute atomic E-state index is 0.0843. The minimum atomic E-state index is -0.297. The topological polar surface area (TPSA) is 70.7 Å². The van der Waals surface area contributed by atoms with Crippen molar-refractivity contribution in [3.05, 3.63) is 24.3 Å². The number of rotatable bonds is 2. The van der Waals surface area contributed by atoms with Crippen molar-refractivity contribution in [1.82, 2.24) is 10.2 Å². The van der Waals surface area contributed by atoms with E-state index < -0.39 is 0 Å². The molecule has 1 aromatic rings. The maximum Gasteiger partial charge on any atom is 0.322 e. The molecular weight excluding hydrogens is 234 g/mol. The minimum Gasteiger partial charge on any atom is -0.495 e. The van der Waals surface area contributed by atoms with Crippen molar-refractivity contribution in [2.75, 3.05) is 32.1 Å². The van der Waals surface area contributed by atoms with Gasteiger partial charge in [-0.1, -0.05) is 12.1 Å². The Balaban J connectivity index is 2.04. The monoisotopic (exact) mass is 249 g/mol. The van der Waals surface area contributed by atoms with Gasteiger partial charge in [-0.2, -0.15) is 0 Å². The summed E-state index contributed by atoms with van der Waals surface area (Å²) < 4.78 is 5.14. The van der Waals surface area contributed by atoms with E-state index >= 15 is 0 Å². The Morgan fingerprint density at radius 3 is 2.94 bits per heavy atom. The molecule has 18 heavy (non-hydrogen) atoms. The second-order valence-corrected chi connectivity index (χ2v) is 3.90. The van der Waals surface area contributed by atoms with Gasteiger partial charge in [-0.05, 0) is 12.1 Å². The van der Waals surface area contributed by atoms with E-state index in [0.29, 0.717) is 24.5 Å². The van der Waals surface area contributed by atoms with Crippen LogP contribution in [0.4, 0.5) is 10.5 Å². The zero-order valence-corrected chi connectivity index (χ0v) is 10.1. The van der Waals surface area contributed by atoms with Crippen molar-refractivity contribution in [2.45, 2.75) is 0 Å². The molecule has 2 rings (SSSR count). The van der Waals surface area contributed by atoms with Crippen LogP contribution in [0.3, 0.4) is 0 Å². The highest BCUT2D eigenvalue weighted by atomic mass is 16.5. The van der Waals surface area contributed by atoms with Crippen LogP contribution in [0.2, 0.25) is 0 Å². The maximum atomic E-state index is 12.0. The SMILES string of the molecule is COc1ccccc1NC(=O)N1CCNC(=O)C1. The van der Waals surface area contributed by atoms with Crippen LogP contribution in [-0.2, 0) is 4.79 Å². The zero-order valence-electron chi connectivity index (χ0n) is 10.1. The molecule has 0 unspecified atom stereocenters. The van der Waals surface area contributed by atoms with Crippen LogP contribution < -0.4 is 15.4 Å². The van der Waals surface area contributed by atoms with Gasteiger partial charge in [0, 0.05) is 13.1 Å². The average Bonchev–Trinajstić information content (AvgIpc) is 2.39. The first-order valence-corrected chi connectivity index (χ1v) is 5.66. The molecule has 0 aliphatic carbocycles. The van der Waals surface area contributed by atoms with Crippen molar-refractivity contribution in [3.63, 3.8) is 0 Å². The molecule has 6 heteroatoms. The van der Waals surface area contributed by atoms with Crippen molar-refractivity contribution < 1.29 is 14.3 Å². The van der Waals surface area contributed by atoms with Crippen LogP contribution in [-0.4, -0.2) is 43.6 Å². The van der Waals surface area contributed by atoms with E-state index in [4.69, 9.17) is 4.74 Å².